The topological polar surface area (TPSA) is 41.5 Å². The van der Waals surface area contributed by atoms with Crippen LogP contribution in [0.4, 0.5) is 5.13 Å². The van der Waals surface area contributed by atoms with Gasteiger partial charge in [0.15, 0.2) is 0 Å². The molecule has 0 saturated carbocycles. The molecule has 18 heavy (non-hydrogen) atoms. The Kier molecular flexibility index (Phi) is 2.74. The largest absolute Gasteiger partial charge is 0.380 e. The number of rotatable bonds is 2. The summed E-state index contributed by atoms with van der Waals surface area (Å²) in [5.41, 5.74) is 1.83. The highest BCUT2D eigenvalue weighted by molar-refractivity contribution is 7.13. The SMILES string of the molecule is c1nnc(N2CC[C@@H]3[C@@H]2CCN3[C@H]2CCOC2)s1. The van der Waals surface area contributed by atoms with Crippen LogP contribution < -0.4 is 4.90 Å². The van der Waals surface area contributed by atoms with Crippen LogP contribution in [0.3, 0.4) is 0 Å². The molecule has 0 aliphatic carbocycles. The highest BCUT2D eigenvalue weighted by Crippen LogP contribution is 2.37. The van der Waals surface area contributed by atoms with E-state index in [1.807, 2.05) is 5.51 Å². The predicted molar refractivity (Wildman–Crippen MR) is 70.0 cm³/mol. The lowest BCUT2D eigenvalue weighted by Gasteiger charge is -2.29. The molecule has 0 spiro atoms. The maximum Gasteiger partial charge on any atom is 0.208 e. The van der Waals surface area contributed by atoms with Crippen LogP contribution in [0.25, 0.3) is 0 Å². The zero-order valence-electron chi connectivity index (χ0n) is 10.4. The molecule has 98 valence electrons. The molecule has 4 heterocycles. The first-order valence-corrected chi connectivity index (χ1v) is 7.68. The Morgan fingerprint density at radius 2 is 2.17 bits per heavy atom. The summed E-state index contributed by atoms with van der Waals surface area (Å²) in [4.78, 5) is 5.16. The van der Waals surface area contributed by atoms with Crippen molar-refractivity contribution in [3.05, 3.63) is 5.51 Å². The molecule has 0 unspecified atom stereocenters. The van der Waals surface area contributed by atoms with E-state index in [9.17, 15) is 0 Å². The molecule has 5 nitrogen and oxygen atoms in total. The summed E-state index contributed by atoms with van der Waals surface area (Å²) in [6.45, 7) is 4.23. The standard InChI is InChI=1S/C12H18N4OS/c1-4-15(9-3-6-17-7-9)10-2-5-16(11(1)10)12-14-13-8-18-12/h8-11H,1-7H2/t9-,10+,11-/m0/s1. The van der Waals surface area contributed by atoms with Gasteiger partial charge in [-0.3, -0.25) is 4.90 Å². The summed E-state index contributed by atoms with van der Waals surface area (Å²) in [6, 6.07) is 2.02. The van der Waals surface area contributed by atoms with Gasteiger partial charge in [-0.15, -0.1) is 10.2 Å². The van der Waals surface area contributed by atoms with E-state index < -0.39 is 0 Å². The Labute approximate surface area is 111 Å². The van der Waals surface area contributed by atoms with Gasteiger partial charge < -0.3 is 9.64 Å². The average molecular weight is 266 g/mol. The molecular weight excluding hydrogens is 248 g/mol. The van der Waals surface area contributed by atoms with Crippen LogP contribution >= 0.6 is 11.3 Å². The first-order chi connectivity index (χ1) is 8.93. The number of aromatic nitrogens is 2. The Morgan fingerprint density at radius 1 is 1.22 bits per heavy atom. The van der Waals surface area contributed by atoms with Gasteiger partial charge >= 0.3 is 0 Å². The van der Waals surface area contributed by atoms with Crippen molar-refractivity contribution < 1.29 is 4.74 Å². The molecule has 1 aromatic rings. The van der Waals surface area contributed by atoms with Crippen LogP contribution in [-0.2, 0) is 4.74 Å². The fourth-order valence-corrected chi connectivity index (χ4v) is 4.43. The van der Waals surface area contributed by atoms with Crippen LogP contribution in [-0.4, -0.2) is 59.5 Å². The lowest BCUT2D eigenvalue weighted by Crippen LogP contribution is -2.42. The van der Waals surface area contributed by atoms with Crippen molar-refractivity contribution in [2.75, 3.05) is 31.2 Å². The van der Waals surface area contributed by atoms with Crippen molar-refractivity contribution in [2.45, 2.75) is 37.4 Å². The monoisotopic (exact) mass is 266 g/mol. The second kappa shape index (κ2) is 4.43. The summed E-state index contributed by atoms with van der Waals surface area (Å²) in [5.74, 6) is 0. The first-order valence-electron chi connectivity index (χ1n) is 6.80. The fourth-order valence-electron chi connectivity index (χ4n) is 3.79. The normalized spacial score (nSPS) is 36.4. The van der Waals surface area contributed by atoms with Gasteiger partial charge in [-0.25, -0.2) is 0 Å². The van der Waals surface area contributed by atoms with Crippen LogP contribution in [0.2, 0.25) is 0 Å². The molecule has 0 radical (unpaired) electrons. The third kappa shape index (κ3) is 1.66. The summed E-state index contributed by atoms with van der Waals surface area (Å²) >= 11 is 1.66. The van der Waals surface area contributed by atoms with Crippen molar-refractivity contribution in [1.82, 2.24) is 15.1 Å². The van der Waals surface area contributed by atoms with Gasteiger partial charge in [0, 0.05) is 37.8 Å². The second-order valence-corrected chi connectivity index (χ2v) is 6.19. The Balaban J connectivity index is 1.52. The number of ether oxygens (including phenoxy) is 1. The van der Waals surface area contributed by atoms with E-state index in [0.717, 1.165) is 24.9 Å². The second-order valence-electron chi connectivity index (χ2n) is 5.38. The minimum atomic E-state index is 0.651. The van der Waals surface area contributed by atoms with Crippen LogP contribution in [0.5, 0.6) is 0 Å². The number of anilines is 1. The Morgan fingerprint density at radius 3 is 2.94 bits per heavy atom. The van der Waals surface area contributed by atoms with Gasteiger partial charge in [0.2, 0.25) is 5.13 Å². The number of hydrogen-bond donors (Lipinski definition) is 0. The van der Waals surface area contributed by atoms with Gasteiger partial charge in [0.05, 0.1) is 6.61 Å². The summed E-state index contributed by atoms with van der Waals surface area (Å²) < 4.78 is 5.54. The maximum absolute atomic E-state index is 5.54. The van der Waals surface area contributed by atoms with Crippen LogP contribution in [0, 0.1) is 0 Å². The first kappa shape index (κ1) is 11.1. The third-order valence-corrected chi connectivity index (χ3v) is 5.31. The predicted octanol–water partition coefficient (Wildman–Crippen LogP) is 0.980. The van der Waals surface area contributed by atoms with E-state index in [1.54, 1.807) is 11.3 Å². The quantitative estimate of drug-likeness (QED) is 0.798. The van der Waals surface area contributed by atoms with E-state index in [4.69, 9.17) is 4.74 Å². The maximum atomic E-state index is 5.54. The number of likely N-dealkylation sites (tertiary alicyclic amines) is 1. The molecule has 3 saturated heterocycles. The lowest BCUT2D eigenvalue weighted by atomic mass is 10.1. The zero-order chi connectivity index (χ0) is 11.9. The highest BCUT2D eigenvalue weighted by atomic mass is 32.1. The van der Waals surface area contributed by atoms with Gasteiger partial charge in [0.25, 0.3) is 0 Å². The molecule has 3 aliphatic heterocycles. The summed E-state index contributed by atoms with van der Waals surface area (Å²) in [6.07, 6.45) is 3.74. The van der Waals surface area contributed by atoms with E-state index in [2.05, 4.69) is 20.0 Å². The molecular formula is C12H18N4OS. The third-order valence-electron chi connectivity index (χ3n) is 4.59. The molecule has 0 aromatic carbocycles. The van der Waals surface area contributed by atoms with Crippen molar-refractivity contribution in [1.29, 1.82) is 0 Å². The van der Waals surface area contributed by atoms with Crippen molar-refractivity contribution in [3.8, 4) is 0 Å². The van der Waals surface area contributed by atoms with Gasteiger partial charge in [0.1, 0.15) is 5.51 Å². The molecule has 4 rings (SSSR count). The molecule has 0 N–H and O–H groups in total. The number of nitrogens with zero attached hydrogens (tertiary/aromatic N) is 4. The smallest absolute Gasteiger partial charge is 0.208 e. The van der Waals surface area contributed by atoms with Crippen molar-refractivity contribution in [3.63, 3.8) is 0 Å². The molecule has 0 amide bonds. The van der Waals surface area contributed by atoms with Crippen LogP contribution in [0.15, 0.2) is 5.51 Å². The fraction of sp³-hybridized carbons (Fsp3) is 0.833. The van der Waals surface area contributed by atoms with E-state index in [0.29, 0.717) is 18.1 Å². The van der Waals surface area contributed by atoms with Gasteiger partial charge in [-0.2, -0.15) is 0 Å². The Hall–Kier alpha value is -0.720. The lowest BCUT2D eigenvalue weighted by molar-refractivity contribution is 0.135. The minimum Gasteiger partial charge on any atom is -0.380 e. The highest BCUT2D eigenvalue weighted by Gasteiger charge is 2.46. The summed E-state index contributed by atoms with van der Waals surface area (Å²) in [5, 5.41) is 9.31. The van der Waals surface area contributed by atoms with Gasteiger partial charge in [-0.1, -0.05) is 11.3 Å². The van der Waals surface area contributed by atoms with Crippen LogP contribution in [0.1, 0.15) is 19.3 Å². The number of fused-ring (bicyclic) bond motifs is 1. The van der Waals surface area contributed by atoms with Gasteiger partial charge in [-0.05, 0) is 19.3 Å². The summed E-state index contributed by atoms with van der Waals surface area (Å²) in [7, 11) is 0. The average Bonchev–Trinajstić information content (AvgIpc) is 3.14. The van der Waals surface area contributed by atoms with Crippen molar-refractivity contribution >= 4 is 16.5 Å². The molecule has 0 bridgehead atoms. The van der Waals surface area contributed by atoms with Crippen molar-refractivity contribution in [2.24, 2.45) is 0 Å². The number of hydrogen-bond acceptors (Lipinski definition) is 6. The minimum absolute atomic E-state index is 0.651. The molecule has 3 aliphatic rings. The van der Waals surface area contributed by atoms with E-state index >= 15 is 0 Å². The Bertz CT molecular complexity index is 406. The van der Waals surface area contributed by atoms with E-state index in [-0.39, 0.29) is 0 Å². The zero-order valence-corrected chi connectivity index (χ0v) is 11.2. The molecule has 3 atom stereocenters. The molecule has 1 aromatic heterocycles. The molecule has 3 fully saturated rings. The molecule has 6 heteroatoms. The van der Waals surface area contributed by atoms with E-state index in [1.165, 1.54) is 25.8 Å².